The van der Waals surface area contributed by atoms with Crippen molar-refractivity contribution in [3.63, 3.8) is 0 Å². The molecule has 0 atom stereocenters. The second-order valence-electron chi connectivity index (χ2n) is 4.28. The van der Waals surface area contributed by atoms with Crippen molar-refractivity contribution in [1.29, 1.82) is 0 Å². The van der Waals surface area contributed by atoms with Gasteiger partial charge in [-0.15, -0.1) is 0 Å². The van der Waals surface area contributed by atoms with Crippen LogP contribution in [0.5, 0.6) is 0 Å². The quantitative estimate of drug-likeness (QED) is 0.468. The minimum atomic E-state index is 0. The summed E-state index contributed by atoms with van der Waals surface area (Å²) in [6, 6.07) is 18.2. The summed E-state index contributed by atoms with van der Waals surface area (Å²) in [4.78, 5) is 5.24. The van der Waals surface area contributed by atoms with Crippen molar-refractivity contribution in [3.8, 4) is 0 Å². The maximum absolute atomic E-state index is 5.31. The molecule has 0 aliphatic rings. The van der Waals surface area contributed by atoms with Crippen molar-refractivity contribution >= 4 is 39.6 Å². The van der Waals surface area contributed by atoms with Crippen LogP contribution in [0.4, 0.5) is 11.4 Å². The molecule has 0 saturated heterocycles. The molecule has 5 heteroatoms. The lowest BCUT2D eigenvalue weighted by atomic mass is 10.2. The minimum absolute atomic E-state index is 0. The zero-order valence-corrected chi connectivity index (χ0v) is 13.7. The van der Waals surface area contributed by atoms with Gasteiger partial charge in [0.05, 0.1) is 11.4 Å². The predicted molar refractivity (Wildman–Crippen MR) is 82.4 cm³/mol. The van der Waals surface area contributed by atoms with E-state index in [1.807, 2.05) is 59.6 Å². The van der Waals surface area contributed by atoms with E-state index in [0.29, 0.717) is 5.11 Å². The summed E-state index contributed by atoms with van der Waals surface area (Å²) >= 11 is 5.31. The number of para-hydroxylation sites is 2. The Bertz CT molecular complexity index is 724. The van der Waals surface area contributed by atoms with E-state index in [1.165, 1.54) is 0 Å². The third kappa shape index (κ3) is 2.70. The Balaban J connectivity index is 0.00000147. The molecule has 3 rings (SSSR count). The smallest absolute Gasteiger partial charge is 0.276 e. The Labute approximate surface area is 139 Å². The van der Waals surface area contributed by atoms with Crippen molar-refractivity contribution in [2.24, 2.45) is 0 Å². The van der Waals surface area contributed by atoms with Gasteiger partial charge in [-0.05, 0) is 18.2 Å². The van der Waals surface area contributed by atoms with E-state index < -0.39 is 0 Å². The fourth-order valence-electron chi connectivity index (χ4n) is 2.24. The van der Waals surface area contributed by atoms with E-state index in [2.05, 4.69) is 16.8 Å². The number of rotatable bonds is 2. The lowest BCUT2D eigenvalue weighted by Crippen LogP contribution is -3.00. The highest BCUT2D eigenvalue weighted by molar-refractivity contribution is 7.80. The van der Waals surface area contributed by atoms with Gasteiger partial charge in [0.2, 0.25) is 0 Å². The first-order valence-electron chi connectivity index (χ1n) is 6.04. The number of thiocarbonyl (C=S) groups is 1. The summed E-state index contributed by atoms with van der Waals surface area (Å²) in [5, 5.41) is 1.72. The third-order valence-electron chi connectivity index (χ3n) is 3.07. The average Bonchev–Trinajstić information content (AvgIpc) is 2.84. The maximum Gasteiger partial charge on any atom is 0.276 e. The molecule has 2 aromatic carbocycles. The summed E-state index contributed by atoms with van der Waals surface area (Å²) in [7, 11) is 0. The first-order valence-corrected chi connectivity index (χ1v) is 6.45. The van der Waals surface area contributed by atoms with Crippen LogP contribution in [0.1, 0.15) is 0 Å². The largest absolute Gasteiger partial charge is 1.00 e. The highest BCUT2D eigenvalue weighted by Crippen LogP contribution is 2.31. The molecule has 3 nitrogen and oxygen atoms in total. The molecule has 0 unspecified atom stereocenters. The Hall–Kier alpha value is -1.44. The summed E-state index contributed by atoms with van der Waals surface area (Å²) in [5.74, 6) is 0. The first kappa shape index (κ1) is 15.0. The molecule has 0 aliphatic heterocycles. The van der Waals surface area contributed by atoms with E-state index in [4.69, 9.17) is 12.2 Å². The molecule has 1 heterocycles. The molecule has 0 spiro atoms. The van der Waals surface area contributed by atoms with Crippen LogP contribution in [0.25, 0.3) is 10.9 Å². The maximum atomic E-state index is 5.31. The number of nitrogens with zero attached hydrogens (tertiary/aromatic N) is 1. The fourth-order valence-corrected chi connectivity index (χ4v) is 2.44. The summed E-state index contributed by atoms with van der Waals surface area (Å²) in [6.45, 7) is 0. The number of halogens is 1. The number of aromatic nitrogens is 1. The van der Waals surface area contributed by atoms with Crippen LogP contribution in [-0.2, 0) is 0 Å². The van der Waals surface area contributed by atoms with Gasteiger partial charge < -0.3 is 29.0 Å². The zero-order chi connectivity index (χ0) is 13.2. The van der Waals surface area contributed by atoms with Gasteiger partial charge in [-0.3, -0.25) is 10.6 Å². The van der Waals surface area contributed by atoms with Crippen molar-refractivity contribution in [1.82, 2.24) is 4.98 Å². The lowest BCUT2D eigenvalue weighted by molar-refractivity contribution is -0.210. The van der Waals surface area contributed by atoms with Gasteiger partial charge in [0.25, 0.3) is 5.11 Å². The molecule has 0 radical (unpaired) electrons. The monoisotopic (exact) mass is 395 g/mol. The number of benzene rings is 2. The molecule has 0 amide bonds. The summed E-state index contributed by atoms with van der Waals surface area (Å²) in [5.41, 5.74) is 7.06. The SMILES string of the molecule is [I-].[NH3+]C(=S)N(c1ccccc1)c1c[nH]c2ccccc12. The number of nitrogens with one attached hydrogen (secondary N) is 1. The Kier molecular flexibility index (Phi) is 4.74. The molecule has 0 fully saturated rings. The number of quaternary nitrogens is 1. The third-order valence-corrected chi connectivity index (χ3v) is 3.25. The molecule has 4 N–H and O–H groups in total. The average molecular weight is 395 g/mol. The molecule has 20 heavy (non-hydrogen) atoms. The second-order valence-corrected chi connectivity index (χ2v) is 4.76. The van der Waals surface area contributed by atoms with E-state index in [0.717, 1.165) is 22.3 Å². The van der Waals surface area contributed by atoms with Gasteiger partial charge in [0, 0.05) is 29.3 Å². The van der Waals surface area contributed by atoms with Crippen LogP contribution in [0, 0.1) is 0 Å². The van der Waals surface area contributed by atoms with E-state index in [9.17, 15) is 0 Å². The highest BCUT2D eigenvalue weighted by Gasteiger charge is 2.18. The van der Waals surface area contributed by atoms with Crippen molar-refractivity contribution in [2.75, 3.05) is 4.90 Å². The van der Waals surface area contributed by atoms with Gasteiger partial charge in [-0.1, -0.05) is 36.4 Å². The fraction of sp³-hybridized carbons (Fsp3) is 0. The topological polar surface area (TPSA) is 46.7 Å². The van der Waals surface area contributed by atoms with Crippen LogP contribution in [0.3, 0.4) is 0 Å². The standard InChI is InChI=1S/C15H13N3S.HI/c16-15(19)18(11-6-2-1-3-7-11)14-10-17-13-9-5-4-8-12(13)14;/h1-10,17H,(H2,16,19);1H. The van der Waals surface area contributed by atoms with Crippen LogP contribution in [0.15, 0.2) is 60.8 Å². The Morgan fingerprint density at radius 1 is 1.00 bits per heavy atom. The van der Waals surface area contributed by atoms with Crippen LogP contribution < -0.4 is 34.6 Å². The predicted octanol–water partition coefficient (Wildman–Crippen LogP) is -0.163. The van der Waals surface area contributed by atoms with Gasteiger partial charge in [-0.2, -0.15) is 0 Å². The van der Waals surface area contributed by atoms with Crippen molar-refractivity contribution in [2.45, 2.75) is 0 Å². The van der Waals surface area contributed by atoms with Gasteiger partial charge >= 0.3 is 0 Å². The van der Waals surface area contributed by atoms with E-state index in [1.54, 1.807) is 0 Å². The minimum Gasteiger partial charge on any atom is -1.00 e. The lowest BCUT2D eigenvalue weighted by Gasteiger charge is -2.19. The number of fused-ring (bicyclic) bond motifs is 1. The Morgan fingerprint density at radius 3 is 2.35 bits per heavy atom. The van der Waals surface area contributed by atoms with Crippen molar-refractivity contribution < 1.29 is 29.7 Å². The highest BCUT2D eigenvalue weighted by atomic mass is 127. The van der Waals surface area contributed by atoms with E-state index >= 15 is 0 Å². The number of H-pyrrole nitrogens is 1. The summed E-state index contributed by atoms with van der Waals surface area (Å²) in [6.07, 6.45) is 1.97. The molecular formula is C15H14IN3S. The number of anilines is 2. The molecule has 102 valence electrons. The first-order chi connectivity index (χ1) is 9.27. The zero-order valence-electron chi connectivity index (χ0n) is 10.7. The van der Waals surface area contributed by atoms with Crippen molar-refractivity contribution in [3.05, 3.63) is 60.8 Å². The number of aromatic amines is 1. The number of hydrogen-bond donors (Lipinski definition) is 2. The summed E-state index contributed by atoms with van der Waals surface area (Å²) < 4.78 is 0. The van der Waals surface area contributed by atoms with Crippen LogP contribution in [0.2, 0.25) is 0 Å². The molecule has 0 bridgehead atoms. The van der Waals surface area contributed by atoms with Crippen LogP contribution >= 0.6 is 12.2 Å². The van der Waals surface area contributed by atoms with Gasteiger partial charge in [0.1, 0.15) is 0 Å². The van der Waals surface area contributed by atoms with Gasteiger partial charge in [-0.25, -0.2) is 0 Å². The second kappa shape index (κ2) is 6.34. The molecule has 0 saturated carbocycles. The van der Waals surface area contributed by atoms with Crippen LogP contribution in [-0.4, -0.2) is 10.1 Å². The molecule has 1 aromatic heterocycles. The molecule has 3 aromatic rings. The molecule has 0 aliphatic carbocycles. The van der Waals surface area contributed by atoms with E-state index in [-0.39, 0.29) is 24.0 Å². The van der Waals surface area contributed by atoms with Gasteiger partial charge in [0.15, 0.2) is 0 Å². The normalized spacial score (nSPS) is 10.1. The number of hydrogen-bond acceptors (Lipinski definition) is 1. The Morgan fingerprint density at radius 2 is 1.65 bits per heavy atom. The molecular weight excluding hydrogens is 381 g/mol.